The van der Waals surface area contributed by atoms with Gasteiger partial charge in [-0.1, -0.05) is 0 Å². The Bertz CT molecular complexity index is 1020. The number of thiazole rings is 1. The maximum absolute atomic E-state index is 13.2. The van der Waals surface area contributed by atoms with Crippen LogP contribution in [0.25, 0.3) is 10.6 Å². The summed E-state index contributed by atoms with van der Waals surface area (Å²) in [6, 6.07) is 3.43. The first-order valence-electron chi connectivity index (χ1n) is 8.10. The van der Waals surface area contributed by atoms with Crippen molar-refractivity contribution in [2.24, 2.45) is 5.92 Å². The van der Waals surface area contributed by atoms with Crippen LogP contribution in [0.4, 0.5) is 0 Å². The highest BCUT2D eigenvalue weighted by Crippen LogP contribution is 2.34. The van der Waals surface area contributed by atoms with E-state index in [1.165, 1.54) is 15.6 Å². The molecule has 3 aromatic heterocycles. The van der Waals surface area contributed by atoms with Crippen LogP contribution in [0.2, 0.25) is 0 Å². The van der Waals surface area contributed by atoms with Gasteiger partial charge in [-0.3, -0.25) is 0 Å². The van der Waals surface area contributed by atoms with Crippen molar-refractivity contribution in [1.82, 2.24) is 18.8 Å². The van der Waals surface area contributed by atoms with Crippen LogP contribution in [0, 0.1) is 12.8 Å². The molecule has 3 aromatic rings. The van der Waals surface area contributed by atoms with Crippen LogP contribution in [0.3, 0.4) is 0 Å². The molecule has 0 saturated heterocycles. The van der Waals surface area contributed by atoms with Crippen LogP contribution < -0.4 is 0 Å². The number of rotatable bonds is 4. The zero-order valence-electron chi connectivity index (χ0n) is 14.1. The van der Waals surface area contributed by atoms with E-state index in [2.05, 4.69) is 9.97 Å². The van der Waals surface area contributed by atoms with E-state index in [1.807, 2.05) is 23.1 Å². The molecule has 0 aromatic carbocycles. The number of sulfonamides is 1. The normalized spacial score (nSPS) is 18.6. The topological polar surface area (TPSA) is 88.3 Å². The number of hydrogen-bond acceptors (Lipinski definition) is 7. The Balaban J connectivity index is 1.66. The largest absolute Gasteiger partial charge is 0.396 e. The van der Waals surface area contributed by atoms with Crippen LogP contribution >= 0.6 is 22.7 Å². The molecule has 1 atom stereocenters. The molecule has 1 N–H and O–H groups in total. The quantitative estimate of drug-likeness (QED) is 0.712. The number of aryl methyl sites for hydroxylation is 1. The minimum atomic E-state index is -3.67. The monoisotopic (exact) mass is 410 g/mol. The van der Waals surface area contributed by atoms with Crippen molar-refractivity contribution in [3.8, 4) is 10.6 Å². The zero-order chi connectivity index (χ0) is 18.3. The first-order valence-corrected chi connectivity index (χ1v) is 11.2. The predicted octanol–water partition coefficient (Wildman–Crippen LogP) is 2.19. The molecule has 0 aliphatic carbocycles. The molecule has 1 aliphatic rings. The van der Waals surface area contributed by atoms with Crippen molar-refractivity contribution >= 4 is 32.7 Å². The Hall–Kier alpha value is -1.59. The first-order chi connectivity index (χ1) is 12.5. The number of aromatic nitrogens is 3. The zero-order valence-corrected chi connectivity index (χ0v) is 16.5. The molecule has 0 bridgehead atoms. The van der Waals surface area contributed by atoms with Crippen LogP contribution in [0.15, 0.2) is 34.1 Å². The Kier molecular flexibility index (Phi) is 4.70. The molecule has 0 fully saturated rings. The number of imidazole rings is 1. The number of aliphatic hydroxyl groups excluding tert-OH is 1. The van der Waals surface area contributed by atoms with Gasteiger partial charge in [-0.15, -0.1) is 22.7 Å². The summed E-state index contributed by atoms with van der Waals surface area (Å²) in [5.74, 6) is 0.525. The Morgan fingerprint density at radius 2 is 2.19 bits per heavy atom. The van der Waals surface area contributed by atoms with E-state index >= 15 is 0 Å². The van der Waals surface area contributed by atoms with Crippen molar-refractivity contribution in [2.75, 3.05) is 13.2 Å². The summed E-state index contributed by atoms with van der Waals surface area (Å²) in [6.07, 6.45) is 3.48. The summed E-state index contributed by atoms with van der Waals surface area (Å²) >= 11 is 2.76. The second-order valence-electron chi connectivity index (χ2n) is 6.21. The van der Waals surface area contributed by atoms with Crippen LogP contribution in [-0.4, -0.2) is 45.5 Å². The minimum Gasteiger partial charge on any atom is -0.396 e. The fraction of sp³-hybridized carbons (Fsp3) is 0.375. The van der Waals surface area contributed by atoms with Crippen LogP contribution in [-0.2, 0) is 23.1 Å². The average molecular weight is 411 g/mol. The molecule has 0 radical (unpaired) electrons. The molecule has 138 valence electrons. The third-order valence-corrected chi connectivity index (χ3v) is 8.50. The van der Waals surface area contributed by atoms with Crippen molar-refractivity contribution in [1.29, 1.82) is 0 Å². The second-order valence-corrected chi connectivity index (χ2v) is 10.5. The lowest BCUT2D eigenvalue weighted by Gasteiger charge is -2.21. The predicted molar refractivity (Wildman–Crippen MR) is 101 cm³/mol. The van der Waals surface area contributed by atoms with Crippen LogP contribution in [0.5, 0.6) is 0 Å². The molecule has 26 heavy (non-hydrogen) atoms. The lowest BCUT2D eigenvalue weighted by molar-refractivity contribution is 0.194. The third-order valence-electron chi connectivity index (χ3n) is 4.34. The van der Waals surface area contributed by atoms with Crippen molar-refractivity contribution in [3.63, 3.8) is 0 Å². The van der Waals surface area contributed by atoms with E-state index in [9.17, 15) is 13.5 Å². The van der Waals surface area contributed by atoms with Gasteiger partial charge in [-0.2, -0.15) is 4.31 Å². The van der Waals surface area contributed by atoms with Crippen molar-refractivity contribution < 1.29 is 13.5 Å². The van der Waals surface area contributed by atoms with E-state index in [-0.39, 0.29) is 29.8 Å². The highest BCUT2D eigenvalue weighted by molar-refractivity contribution is 7.91. The summed E-state index contributed by atoms with van der Waals surface area (Å²) in [7, 11) is -3.67. The summed E-state index contributed by atoms with van der Waals surface area (Å²) in [5, 5.41) is 12.5. The second kappa shape index (κ2) is 6.86. The molecule has 4 rings (SSSR count). The molecule has 0 spiro atoms. The van der Waals surface area contributed by atoms with Crippen molar-refractivity contribution in [3.05, 3.63) is 40.7 Å². The smallest absolute Gasteiger partial charge is 0.252 e. The fourth-order valence-corrected chi connectivity index (χ4v) is 6.58. The van der Waals surface area contributed by atoms with Gasteiger partial charge in [0, 0.05) is 43.4 Å². The molecule has 1 aliphatic heterocycles. The highest BCUT2D eigenvalue weighted by Gasteiger charge is 2.32. The first kappa shape index (κ1) is 17.8. The Labute approximate surface area is 159 Å². The summed E-state index contributed by atoms with van der Waals surface area (Å²) in [5.41, 5.74) is 0.804. The molecule has 0 saturated carbocycles. The average Bonchev–Trinajstić information content (AvgIpc) is 3.33. The number of aliphatic hydroxyl groups is 1. The van der Waals surface area contributed by atoms with Gasteiger partial charge >= 0.3 is 0 Å². The maximum Gasteiger partial charge on any atom is 0.252 e. The lowest BCUT2D eigenvalue weighted by Crippen LogP contribution is -2.34. The molecule has 4 heterocycles. The van der Waals surface area contributed by atoms with Gasteiger partial charge in [0.05, 0.1) is 22.1 Å². The van der Waals surface area contributed by atoms with Crippen LogP contribution in [0.1, 0.15) is 10.8 Å². The molecule has 0 amide bonds. The molecular weight excluding hydrogens is 392 g/mol. The van der Waals surface area contributed by atoms with Gasteiger partial charge < -0.3 is 9.67 Å². The number of thiophene rings is 1. The Morgan fingerprint density at radius 3 is 2.92 bits per heavy atom. The molecule has 10 heteroatoms. The van der Waals surface area contributed by atoms with Crippen molar-refractivity contribution in [2.45, 2.75) is 24.2 Å². The maximum atomic E-state index is 13.2. The van der Waals surface area contributed by atoms with E-state index in [1.54, 1.807) is 29.7 Å². The van der Waals surface area contributed by atoms with Gasteiger partial charge in [0.15, 0.2) is 0 Å². The van der Waals surface area contributed by atoms with Gasteiger partial charge in [-0.05, 0) is 19.1 Å². The Morgan fingerprint density at radius 1 is 1.35 bits per heavy atom. The molecule has 7 nitrogen and oxygen atoms in total. The van der Waals surface area contributed by atoms with E-state index in [4.69, 9.17) is 0 Å². The third kappa shape index (κ3) is 3.23. The summed E-state index contributed by atoms with van der Waals surface area (Å²) in [6.45, 7) is 2.89. The summed E-state index contributed by atoms with van der Waals surface area (Å²) in [4.78, 5) is 9.53. The van der Waals surface area contributed by atoms with Gasteiger partial charge in [0.2, 0.25) is 0 Å². The standard InChI is InChI=1S/C16H18N4O3S3/c1-11-18-13(10-24-11)14-2-3-16(25-14)26(22,23)20-7-12(9-21)6-19-5-4-17-15(19)8-20/h2-5,10,12,21H,6-9H2,1H3. The number of hydrogen-bond donors (Lipinski definition) is 1. The molecule has 1 unspecified atom stereocenters. The number of nitrogens with zero attached hydrogens (tertiary/aromatic N) is 4. The number of fused-ring (bicyclic) bond motifs is 1. The summed E-state index contributed by atoms with van der Waals surface area (Å²) < 4.78 is 30.0. The van der Waals surface area contributed by atoms with E-state index in [0.29, 0.717) is 12.4 Å². The van der Waals surface area contributed by atoms with Gasteiger partial charge in [0.1, 0.15) is 10.0 Å². The minimum absolute atomic E-state index is 0.0720. The van der Waals surface area contributed by atoms with Gasteiger partial charge in [0.25, 0.3) is 10.0 Å². The van der Waals surface area contributed by atoms with E-state index in [0.717, 1.165) is 15.6 Å². The van der Waals surface area contributed by atoms with E-state index < -0.39 is 10.0 Å². The highest BCUT2D eigenvalue weighted by atomic mass is 32.2. The molecular formula is C16H18N4O3S3. The SMILES string of the molecule is Cc1nc(-c2ccc(S(=O)(=O)N3Cc4nccn4CC(CO)C3)s2)cs1. The lowest BCUT2D eigenvalue weighted by atomic mass is 10.1. The van der Waals surface area contributed by atoms with Gasteiger partial charge in [-0.25, -0.2) is 18.4 Å². The fourth-order valence-electron chi connectivity index (χ4n) is 3.00.